The second-order valence-electron chi connectivity index (χ2n) is 7.95. The van der Waals surface area contributed by atoms with Crippen LogP contribution in [-0.2, 0) is 16.1 Å². The number of rotatable bonds is 4. The van der Waals surface area contributed by atoms with Crippen molar-refractivity contribution < 1.29 is 14.0 Å². The number of hydrogen-bond donors (Lipinski definition) is 1. The summed E-state index contributed by atoms with van der Waals surface area (Å²) < 4.78 is 15.6. The molecule has 1 fully saturated rings. The van der Waals surface area contributed by atoms with Gasteiger partial charge in [0.05, 0.1) is 15.7 Å². The molecule has 1 aromatic heterocycles. The molecule has 1 saturated heterocycles. The van der Waals surface area contributed by atoms with Crippen LogP contribution in [0.4, 0.5) is 10.1 Å². The first-order valence-electron chi connectivity index (χ1n) is 10.5. The van der Waals surface area contributed by atoms with Gasteiger partial charge in [-0.15, -0.1) is 0 Å². The van der Waals surface area contributed by atoms with Gasteiger partial charge in [0.25, 0.3) is 11.8 Å². The number of amides is 2. The van der Waals surface area contributed by atoms with E-state index in [0.29, 0.717) is 22.8 Å². The van der Waals surface area contributed by atoms with Crippen LogP contribution >= 0.6 is 35.4 Å². The molecule has 3 aromatic carbocycles. The maximum atomic E-state index is 13.5. The highest BCUT2D eigenvalue weighted by molar-refractivity contribution is 7.80. The minimum absolute atomic E-state index is 0.0413. The maximum Gasteiger partial charge on any atom is 0.270 e. The van der Waals surface area contributed by atoms with Crippen molar-refractivity contribution in [3.63, 3.8) is 0 Å². The number of thiocarbonyl (C=S) groups is 1. The van der Waals surface area contributed by atoms with E-state index in [0.717, 1.165) is 16.5 Å². The highest BCUT2D eigenvalue weighted by atomic mass is 35.5. The molecule has 2 amide bonds. The number of benzene rings is 3. The number of nitrogens with zero attached hydrogens (tertiary/aromatic N) is 2. The van der Waals surface area contributed by atoms with Gasteiger partial charge >= 0.3 is 0 Å². The SMILES string of the molecule is O=C1NC(=S)N(c2ccc(Cl)c(Cl)c2)C(=O)/C1=C\c1ccc2c(ccn2Cc2cccc(F)c2)c1. The molecule has 2 heterocycles. The van der Waals surface area contributed by atoms with Crippen molar-refractivity contribution in [1.82, 2.24) is 9.88 Å². The van der Waals surface area contributed by atoms with Crippen LogP contribution in [0, 0.1) is 5.82 Å². The molecule has 0 unspecified atom stereocenters. The molecule has 5 nitrogen and oxygen atoms in total. The lowest BCUT2D eigenvalue weighted by Gasteiger charge is -2.29. The van der Waals surface area contributed by atoms with E-state index in [1.807, 2.05) is 41.1 Å². The smallest absolute Gasteiger partial charge is 0.270 e. The Kier molecular flexibility index (Phi) is 6.15. The second kappa shape index (κ2) is 9.26. The summed E-state index contributed by atoms with van der Waals surface area (Å²) in [5.74, 6) is -1.43. The molecule has 0 radical (unpaired) electrons. The summed E-state index contributed by atoms with van der Waals surface area (Å²) in [7, 11) is 0. The van der Waals surface area contributed by atoms with E-state index in [-0.39, 0.29) is 21.5 Å². The Balaban J connectivity index is 1.46. The number of nitrogens with one attached hydrogen (secondary N) is 1. The van der Waals surface area contributed by atoms with Gasteiger partial charge in [-0.1, -0.05) is 41.4 Å². The first kappa shape index (κ1) is 23.2. The Morgan fingerprint density at radius 3 is 2.57 bits per heavy atom. The number of hydrogen-bond acceptors (Lipinski definition) is 3. The molecule has 35 heavy (non-hydrogen) atoms. The molecule has 0 spiro atoms. The van der Waals surface area contributed by atoms with E-state index in [4.69, 9.17) is 35.4 Å². The Labute approximate surface area is 215 Å². The molecule has 4 aromatic rings. The van der Waals surface area contributed by atoms with Crippen LogP contribution in [0.5, 0.6) is 0 Å². The standard InChI is InChI=1S/C26H16Cl2FN3O2S/c27-21-6-5-19(13-22(21)28)32-25(34)20(24(33)30-26(32)35)12-15-4-7-23-17(10-15)8-9-31(23)14-16-2-1-3-18(29)11-16/h1-13H,14H2,(H,30,33,35)/b20-12-. The molecule has 1 N–H and O–H groups in total. The molecule has 0 aliphatic carbocycles. The van der Waals surface area contributed by atoms with Crippen molar-refractivity contribution in [3.8, 4) is 0 Å². The maximum absolute atomic E-state index is 13.5. The summed E-state index contributed by atoms with van der Waals surface area (Å²) in [6.45, 7) is 0.513. The second-order valence-corrected chi connectivity index (χ2v) is 9.15. The third kappa shape index (κ3) is 4.58. The van der Waals surface area contributed by atoms with E-state index in [1.54, 1.807) is 18.2 Å². The fourth-order valence-electron chi connectivity index (χ4n) is 3.96. The summed E-state index contributed by atoms with van der Waals surface area (Å²) in [4.78, 5) is 27.1. The van der Waals surface area contributed by atoms with Crippen LogP contribution in [0.25, 0.3) is 17.0 Å². The van der Waals surface area contributed by atoms with Gasteiger partial charge in [0.15, 0.2) is 5.11 Å². The van der Waals surface area contributed by atoms with Crippen LogP contribution in [0.15, 0.2) is 78.5 Å². The molecular weight excluding hydrogens is 508 g/mol. The fourth-order valence-corrected chi connectivity index (χ4v) is 4.53. The average molecular weight is 524 g/mol. The van der Waals surface area contributed by atoms with Crippen LogP contribution in [0.3, 0.4) is 0 Å². The zero-order valence-electron chi connectivity index (χ0n) is 18.0. The Bertz CT molecular complexity index is 1560. The molecule has 0 atom stereocenters. The van der Waals surface area contributed by atoms with Gasteiger partial charge < -0.3 is 4.57 Å². The summed E-state index contributed by atoms with van der Waals surface area (Å²) in [6.07, 6.45) is 3.43. The average Bonchev–Trinajstić information content (AvgIpc) is 3.21. The number of carbonyl (C=O) groups excluding carboxylic acids is 2. The quantitative estimate of drug-likeness (QED) is 0.204. The van der Waals surface area contributed by atoms with E-state index < -0.39 is 11.8 Å². The number of anilines is 1. The molecule has 174 valence electrons. The van der Waals surface area contributed by atoms with Gasteiger partial charge in [-0.05, 0) is 78.0 Å². The molecular formula is C26H16Cl2FN3O2S. The summed E-state index contributed by atoms with van der Waals surface area (Å²) in [5.41, 5.74) is 2.78. The van der Waals surface area contributed by atoms with Crippen molar-refractivity contribution in [2.45, 2.75) is 6.54 Å². The van der Waals surface area contributed by atoms with E-state index in [9.17, 15) is 14.0 Å². The van der Waals surface area contributed by atoms with Gasteiger partial charge in [0.1, 0.15) is 11.4 Å². The van der Waals surface area contributed by atoms with E-state index in [2.05, 4.69) is 5.32 Å². The predicted octanol–water partition coefficient (Wildman–Crippen LogP) is 5.97. The summed E-state index contributed by atoms with van der Waals surface area (Å²) in [6, 6.07) is 18.6. The molecule has 9 heteroatoms. The zero-order chi connectivity index (χ0) is 24.7. The number of aromatic nitrogens is 1. The van der Waals surface area contributed by atoms with Crippen molar-refractivity contribution in [3.05, 3.63) is 105 Å². The van der Waals surface area contributed by atoms with Gasteiger partial charge in [-0.3, -0.25) is 19.8 Å². The van der Waals surface area contributed by atoms with Gasteiger partial charge in [0.2, 0.25) is 0 Å². The van der Waals surface area contributed by atoms with Crippen LogP contribution in [0.2, 0.25) is 10.0 Å². The lowest BCUT2D eigenvalue weighted by Crippen LogP contribution is -2.54. The fraction of sp³-hybridized carbons (Fsp3) is 0.0385. The normalized spacial score (nSPS) is 15.2. The largest absolute Gasteiger partial charge is 0.343 e. The summed E-state index contributed by atoms with van der Waals surface area (Å²) in [5, 5.41) is 4.02. The van der Waals surface area contributed by atoms with Crippen molar-refractivity contribution in [2.24, 2.45) is 0 Å². The Morgan fingerprint density at radius 1 is 0.971 bits per heavy atom. The molecule has 0 bridgehead atoms. The van der Waals surface area contributed by atoms with Crippen molar-refractivity contribution in [1.29, 1.82) is 0 Å². The number of fused-ring (bicyclic) bond motifs is 1. The van der Waals surface area contributed by atoms with E-state index >= 15 is 0 Å². The Morgan fingerprint density at radius 2 is 1.80 bits per heavy atom. The number of carbonyl (C=O) groups is 2. The topological polar surface area (TPSA) is 54.3 Å². The number of halogens is 3. The van der Waals surface area contributed by atoms with Crippen molar-refractivity contribution >= 4 is 75.0 Å². The molecule has 1 aliphatic heterocycles. The third-order valence-electron chi connectivity index (χ3n) is 5.61. The minimum Gasteiger partial charge on any atom is -0.343 e. The Hall–Kier alpha value is -3.52. The van der Waals surface area contributed by atoms with Crippen molar-refractivity contribution in [2.75, 3.05) is 4.90 Å². The monoisotopic (exact) mass is 523 g/mol. The van der Waals surface area contributed by atoms with Crippen LogP contribution < -0.4 is 10.2 Å². The molecule has 0 saturated carbocycles. The van der Waals surface area contributed by atoms with Crippen LogP contribution in [0.1, 0.15) is 11.1 Å². The first-order valence-corrected chi connectivity index (χ1v) is 11.7. The highest BCUT2D eigenvalue weighted by Crippen LogP contribution is 2.30. The predicted molar refractivity (Wildman–Crippen MR) is 140 cm³/mol. The minimum atomic E-state index is -0.583. The molecule has 1 aliphatic rings. The van der Waals surface area contributed by atoms with E-state index in [1.165, 1.54) is 29.2 Å². The highest BCUT2D eigenvalue weighted by Gasteiger charge is 2.34. The summed E-state index contributed by atoms with van der Waals surface area (Å²) >= 11 is 17.3. The van der Waals surface area contributed by atoms with Gasteiger partial charge in [0, 0.05) is 23.6 Å². The third-order valence-corrected chi connectivity index (χ3v) is 6.63. The lowest BCUT2D eigenvalue weighted by atomic mass is 10.1. The lowest BCUT2D eigenvalue weighted by molar-refractivity contribution is -0.122. The van der Waals surface area contributed by atoms with Gasteiger partial charge in [-0.25, -0.2) is 4.39 Å². The molecule has 5 rings (SSSR count). The first-order chi connectivity index (χ1) is 16.8. The zero-order valence-corrected chi connectivity index (χ0v) is 20.3. The van der Waals surface area contributed by atoms with Gasteiger partial charge in [-0.2, -0.15) is 0 Å². The van der Waals surface area contributed by atoms with Crippen LogP contribution in [-0.4, -0.2) is 21.5 Å².